The lowest BCUT2D eigenvalue weighted by molar-refractivity contribution is -0.144. The molecule has 23 heavy (non-hydrogen) atoms. The highest BCUT2D eigenvalue weighted by molar-refractivity contribution is 6.00. The molecule has 0 atom stereocenters. The summed E-state index contributed by atoms with van der Waals surface area (Å²) < 4.78 is 42.4. The zero-order valence-electron chi connectivity index (χ0n) is 11.6. The van der Waals surface area contributed by atoms with E-state index in [1.165, 1.54) is 6.08 Å². The van der Waals surface area contributed by atoms with Gasteiger partial charge in [-0.2, -0.15) is 18.2 Å². The molecule has 2 heterocycles. The van der Waals surface area contributed by atoms with Crippen molar-refractivity contribution in [1.82, 2.24) is 15.2 Å². The van der Waals surface area contributed by atoms with Gasteiger partial charge in [0.2, 0.25) is 11.8 Å². The predicted molar refractivity (Wildman–Crippen MR) is 74.7 cm³/mol. The van der Waals surface area contributed by atoms with Crippen LogP contribution in [0, 0.1) is 0 Å². The van der Waals surface area contributed by atoms with Gasteiger partial charge in [0.25, 0.3) is 5.91 Å². The topological polar surface area (TPSA) is 79.9 Å². The molecule has 0 saturated carbocycles. The third-order valence-corrected chi connectivity index (χ3v) is 3.13. The Labute approximate surface area is 128 Å². The van der Waals surface area contributed by atoms with Gasteiger partial charge in [-0.3, -0.25) is 15.2 Å². The van der Waals surface area contributed by atoms with Gasteiger partial charge >= 0.3 is 6.18 Å². The summed E-state index contributed by atoms with van der Waals surface area (Å²) in [4.78, 5) is 14.8. The van der Waals surface area contributed by atoms with Gasteiger partial charge in [-0.1, -0.05) is 6.07 Å². The number of halogens is 3. The maximum Gasteiger partial charge on any atom is 0.451 e. The first-order valence-electron chi connectivity index (χ1n) is 6.66. The van der Waals surface area contributed by atoms with Gasteiger partial charge in [0.1, 0.15) is 5.75 Å². The lowest BCUT2D eigenvalue weighted by atomic mass is 10.1. The Bertz CT molecular complexity index is 768. The molecule has 1 amide bonds. The van der Waals surface area contributed by atoms with Crippen LogP contribution < -0.4 is 10.1 Å². The predicted octanol–water partition coefficient (Wildman–Crippen LogP) is 2.41. The molecular formula is C14H11F3N4O2. The number of anilines is 1. The van der Waals surface area contributed by atoms with Crippen LogP contribution in [0.3, 0.4) is 0 Å². The van der Waals surface area contributed by atoms with Crippen molar-refractivity contribution in [2.75, 3.05) is 11.9 Å². The molecule has 0 saturated heterocycles. The van der Waals surface area contributed by atoms with Crippen LogP contribution in [0.2, 0.25) is 0 Å². The van der Waals surface area contributed by atoms with Gasteiger partial charge in [0.15, 0.2) is 0 Å². The second-order valence-electron chi connectivity index (χ2n) is 4.79. The van der Waals surface area contributed by atoms with Gasteiger partial charge in [-0.15, -0.1) is 5.10 Å². The highest BCUT2D eigenvalue weighted by atomic mass is 19.4. The van der Waals surface area contributed by atoms with E-state index in [0.717, 1.165) is 23.3 Å². The zero-order valence-corrected chi connectivity index (χ0v) is 11.6. The van der Waals surface area contributed by atoms with E-state index in [-0.39, 0.29) is 0 Å². The molecule has 6 nitrogen and oxygen atoms in total. The third-order valence-electron chi connectivity index (χ3n) is 3.13. The monoisotopic (exact) mass is 324 g/mol. The molecule has 0 radical (unpaired) electrons. The summed E-state index contributed by atoms with van der Waals surface area (Å²) in [6.45, 7) is 0.634. The summed E-state index contributed by atoms with van der Waals surface area (Å²) in [6, 6.07) is 5.48. The Morgan fingerprint density at radius 3 is 2.96 bits per heavy atom. The largest absolute Gasteiger partial charge is 0.493 e. The molecule has 2 aromatic rings. The Hall–Kier alpha value is -2.84. The lowest BCUT2D eigenvalue weighted by Crippen LogP contribution is -2.10. The number of carbonyl (C=O) groups excluding carboxylic acids is 1. The van der Waals surface area contributed by atoms with Crippen molar-refractivity contribution in [3.05, 3.63) is 41.2 Å². The van der Waals surface area contributed by atoms with E-state index in [2.05, 4.69) is 15.4 Å². The van der Waals surface area contributed by atoms with E-state index in [9.17, 15) is 18.0 Å². The van der Waals surface area contributed by atoms with Crippen molar-refractivity contribution < 1.29 is 22.7 Å². The Kier molecular flexibility index (Phi) is 3.77. The van der Waals surface area contributed by atoms with Crippen LogP contribution in [0.25, 0.3) is 6.08 Å². The van der Waals surface area contributed by atoms with Crippen LogP contribution in [-0.4, -0.2) is 27.7 Å². The van der Waals surface area contributed by atoms with E-state index in [1.807, 2.05) is 12.1 Å². The fourth-order valence-electron chi connectivity index (χ4n) is 2.08. The zero-order chi connectivity index (χ0) is 16.4. The SMILES string of the molecule is O=C(/C=C/c1ccc2c(c1)CCO2)Nc1n[nH]c(C(F)(F)F)n1. The number of aromatic amines is 1. The highest BCUT2D eigenvalue weighted by Crippen LogP contribution is 2.27. The summed E-state index contributed by atoms with van der Waals surface area (Å²) in [5, 5.41) is 7.15. The Morgan fingerprint density at radius 1 is 1.39 bits per heavy atom. The van der Waals surface area contributed by atoms with Crippen LogP contribution in [0.4, 0.5) is 19.1 Å². The molecule has 1 aliphatic rings. The molecule has 0 spiro atoms. The average molecular weight is 324 g/mol. The lowest BCUT2D eigenvalue weighted by Gasteiger charge is -2.00. The first kappa shape index (κ1) is 15.1. The minimum absolute atomic E-state index is 0.436. The second kappa shape index (κ2) is 5.75. The molecule has 0 unspecified atom stereocenters. The van der Waals surface area contributed by atoms with Crippen molar-refractivity contribution in [1.29, 1.82) is 0 Å². The van der Waals surface area contributed by atoms with Crippen molar-refractivity contribution >= 4 is 17.9 Å². The summed E-state index contributed by atoms with van der Waals surface area (Å²) in [6.07, 6.45) is -1.09. The van der Waals surface area contributed by atoms with E-state index in [0.29, 0.717) is 6.61 Å². The first-order valence-corrected chi connectivity index (χ1v) is 6.66. The summed E-state index contributed by atoms with van der Waals surface area (Å²) in [7, 11) is 0. The fraction of sp³-hybridized carbons (Fsp3) is 0.214. The number of fused-ring (bicyclic) bond motifs is 1. The number of alkyl halides is 3. The molecule has 0 fully saturated rings. The smallest absolute Gasteiger partial charge is 0.451 e. The normalized spacial score (nSPS) is 13.9. The summed E-state index contributed by atoms with van der Waals surface area (Å²) in [5.41, 5.74) is 1.84. The molecule has 120 valence electrons. The maximum absolute atomic E-state index is 12.3. The molecule has 3 rings (SSSR count). The molecule has 1 aliphatic heterocycles. The molecule has 1 aromatic heterocycles. The van der Waals surface area contributed by atoms with E-state index < -0.39 is 23.9 Å². The number of nitrogens with one attached hydrogen (secondary N) is 2. The number of carbonyl (C=O) groups is 1. The molecule has 2 N–H and O–H groups in total. The van der Waals surface area contributed by atoms with Crippen molar-refractivity contribution in [3.63, 3.8) is 0 Å². The first-order chi connectivity index (χ1) is 10.9. The van der Waals surface area contributed by atoms with Crippen LogP contribution in [0.15, 0.2) is 24.3 Å². The van der Waals surface area contributed by atoms with Crippen molar-refractivity contribution in [3.8, 4) is 5.75 Å². The molecule has 1 aromatic carbocycles. The van der Waals surface area contributed by atoms with Crippen molar-refractivity contribution in [2.24, 2.45) is 0 Å². The van der Waals surface area contributed by atoms with Gasteiger partial charge in [0, 0.05) is 12.5 Å². The molecular weight excluding hydrogens is 313 g/mol. The average Bonchev–Trinajstić information content (AvgIpc) is 3.12. The number of hydrogen-bond acceptors (Lipinski definition) is 4. The summed E-state index contributed by atoms with van der Waals surface area (Å²) >= 11 is 0. The standard InChI is InChI=1S/C14H11F3N4O2/c15-14(16,17)12-19-13(21-20-12)18-11(22)4-2-8-1-3-10-9(7-8)5-6-23-10/h1-4,7H,5-6H2,(H2,18,19,20,21,22)/b4-2+. The van der Waals surface area contributed by atoms with E-state index in [4.69, 9.17) is 4.74 Å². The minimum atomic E-state index is -4.64. The van der Waals surface area contributed by atoms with E-state index >= 15 is 0 Å². The van der Waals surface area contributed by atoms with Crippen molar-refractivity contribution in [2.45, 2.75) is 12.6 Å². The third kappa shape index (κ3) is 3.50. The van der Waals surface area contributed by atoms with Gasteiger partial charge < -0.3 is 4.74 Å². The van der Waals surface area contributed by atoms with E-state index in [1.54, 1.807) is 17.2 Å². The number of H-pyrrole nitrogens is 1. The van der Waals surface area contributed by atoms with Crippen LogP contribution in [0.1, 0.15) is 17.0 Å². The molecule has 0 bridgehead atoms. The Balaban J connectivity index is 1.64. The minimum Gasteiger partial charge on any atom is -0.493 e. The number of aromatic nitrogens is 3. The summed E-state index contributed by atoms with van der Waals surface area (Å²) in [5.74, 6) is -1.51. The molecule has 0 aliphatic carbocycles. The second-order valence-corrected chi connectivity index (χ2v) is 4.79. The number of amides is 1. The maximum atomic E-state index is 12.3. The van der Waals surface area contributed by atoms with Crippen LogP contribution in [0.5, 0.6) is 5.75 Å². The fourth-order valence-corrected chi connectivity index (χ4v) is 2.08. The number of benzene rings is 1. The van der Waals surface area contributed by atoms with Gasteiger partial charge in [-0.25, -0.2) is 0 Å². The van der Waals surface area contributed by atoms with Gasteiger partial charge in [-0.05, 0) is 29.3 Å². The highest BCUT2D eigenvalue weighted by Gasteiger charge is 2.35. The quantitative estimate of drug-likeness (QED) is 0.850. The van der Waals surface area contributed by atoms with Crippen LogP contribution >= 0.6 is 0 Å². The van der Waals surface area contributed by atoms with Crippen LogP contribution in [-0.2, 0) is 17.4 Å². The van der Waals surface area contributed by atoms with Gasteiger partial charge in [0.05, 0.1) is 6.61 Å². The molecule has 9 heteroatoms. The number of rotatable bonds is 3. The number of nitrogens with zero attached hydrogens (tertiary/aromatic N) is 2. The number of ether oxygens (including phenoxy) is 1. The number of hydrogen-bond donors (Lipinski definition) is 2. The Morgan fingerprint density at radius 2 is 2.22 bits per heavy atom.